The molecular formula is C14H18FNO2. The van der Waals surface area contributed by atoms with Gasteiger partial charge in [-0.2, -0.15) is 0 Å². The Morgan fingerprint density at radius 2 is 2.17 bits per heavy atom. The summed E-state index contributed by atoms with van der Waals surface area (Å²) >= 11 is 0. The van der Waals surface area contributed by atoms with Gasteiger partial charge in [-0.1, -0.05) is 18.2 Å². The quantitative estimate of drug-likeness (QED) is 0.828. The van der Waals surface area contributed by atoms with Crippen molar-refractivity contribution < 1.29 is 13.9 Å². The number of morpholine rings is 1. The summed E-state index contributed by atoms with van der Waals surface area (Å²) in [5.74, 6) is -0.176. The van der Waals surface area contributed by atoms with Crippen molar-refractivity contribution in [3.05, 3.63) is 35.6 Å². The largest absolute Gasteiger partial charge is 0.378 e. The molecule has 1 aromatic carbocycles. The number of hydrogen-bond donors (Lipinski definition) is 1. The Balaban J connectivity index is 1.94. The SMILES string of the molecule is Fc1ccccc1C1NCCOC12CCCOC2. The average molecular weight is 251 g/mol. The molecule has 2 aliphatic rings. The summed E-state index contributed by atoms with van der Waals surface area (Å²) in [5.41, 5.74) is 0.279. The molecule has 0 aromatic heterocycles. The van der Waals surface area contributed by atoms with Crippen molar-refractivity contribution in [1.82, 2.24) is 5.32 Å². The van der Waals surface area contributed by atoms with Gasteiger partial charge in [0.2, 0.25) is 0 Å². The van der Waals surface area contributed by atoms with Crippen molar-refractivity contribution >= 4 is 0 Å². The molecule has 4 heteroatoms. The lowest BCUT2D eigenvalue weighted by Crippen LogP contribution is -2.56. The lowest BCUT2D eigenvalue weighted by Gasteiger charge is -2.46. The zero-order chi connectivity index (χ0) is 12.4. The Hall–Kier alpha value is -0.970. The lowest BCUT2D eigenvalue weighted by atomic mass is 9.82. The smallest absolute Gasteiger partial charge is 0.128 e. The van der Waals surface area contributed by atoms with Crippen molar-refractivity contribution in [1.29, 1.82) is 0 Å². The molecule has 0 aliphatic carbocycles. The zero-order valence-electron chi connectivity index (χ0n) is 10.3. The normalized spacial score (nSPS) is 32.6. The molecule has 3 rings (SSSR count). The summed E-state index contributed by atoms with van der Waals surface area (Å²) in [5, 5.41) is 3.39. The summed E-state index contributed by atoms with van der Waals surface area (Å²) in [4.78, 5) is 0. The third-order valence-corrected chi connectivity index (χ3v) is 3.82. The van der Waals surface area contributed by atoms with Crippen LogP contribution in [0, 0.1) is 5.82 Å². The number of nitrogens with one attached hydrogen (secondary N) is 1. The zero-order valence-corrected chi connectivity index (χ0v) is 10.3. The molecule has 2 saturated heterocycles. The van der Waals surface area contributed by atoms with E-state index in [1.54, 1.807) is 6.07 Å². The van der Waals surface area contributed by atoms with Gasteiger partial charge < -0.3 is 14.8 Å². The van der Waals surface area contributed by atoms with Crippen molar-refractivity contribution in [3.8, 4) is 0 Å². The topological polar surface area (TPSA) is 30.5 Å². The van der Waals surface area contributed by atoms with E-state index in [0.29, 0.717) is 18.8 Å². The van der Waals surface area contributed by atoms with Gasteiger partial charge in [-0.05, 0) is 18.9 Å². The third kappa shape index (κ3) is 2.05. The monoisotopic (exact) mass is 251 g/mol. The minimum absolute atomic E-state index is 0.118. The van der Waals surface area contributed by atoms with Crippen LogP contribution in [-0.2, 0) is 9.47 Å². The van der Waals surface area contributed by atoms with Crippen LogP contribution in [0.3, 0.4) is 0 Å². The van der Waals surface area contributed by atoms with Crippen molar-refractivity contribution in [3.63, 3.8) is 0 Å². The highest BCUT2D eigenvalue weighted by Crippen LogP contribution is 2.38. The van der Waals surface area contributed by atoms with E-state index in [4.69, 9.17) is 9.47 Å². The lowest BCUT2D eigenvalue weighted by molar-refractivity contribution is -0.165. The predicted octanol–water partition coefficient (Wildman–Crippen LogP) is 2.04. The minimum atomic E-state index is -0.404. The summed E-state index contributed by atoms with van der Waals surface area (Å²) in [7, 11) is 0. The van der Waals surface area contributed by atoms with Crippen molar-refractivity contribution in [2.75, 3.05) is 26.4 Å². The molecular weight excluding hydrogens is 233 g/mol. The van der Waals surface area contributed by atoms with E-state index >= 15 is 0 Å². The molecule has 0 radical (unpaired) electrons. The number of hydrogen-bond acceptors (Lipinski definition) is 3. The summed E-state index contributed by atoms with van der Waals surface area (Å²) < 4.78 is 25.5. The number of ether oxygens (including phenoxy) is 2. The molecule has 0 saturated carbocycles. The highest BCUT2D eigenvalue weighted by atomic mass is 19.1. The molecule has 2 fully saturated rings. The van der Waals surface area contributed by atoms with Crippen LogP contribution in [0.4, 0.5) is 4.39 Å². The maximum atomic E-state index is 14.0. The molecule has 2 heterocycles. The Morgan fingerprint density at radius 3 is 2.94 bits per heavy atom. The molecule has 98 valence electrons. The highest BCUT2D eigenvalue weighted by Gasteiger charge is 2.45. The van der Waals surface area contributed by atoms with Crippen LogP contribution in [0.15, 0.2) is 24.3 Å². The van der Waals surface area contributed by atoms with E-state index in [-0.39, 0.29) is 11.9 Å². The van der Waals surface area contributed by atoms with Crippen LogP contribution in [0.2, 0.25) is 0 Å². The number of benzene rings is 1. The molecule has 2 atom stereocenters. The third-order valence-electron chi connectivity index (χ3n) is 3.82. The maximum Gasteiger partial charge on any atom is 0.128 e. The molecule has 2 unspecified atom stereocenters. The van der Waals surface area contributed by atoms with E-state index in [9.17, 15) is 4.39 Å². The molecule has 2 aliphatic heterocycles. The fraction of sp³-hybridized carbons (Fsp3) is 0.571. The van der Waals surface area contributed by atoms with Gasteiger partial charge in [-0.3, -0.25) is 0 Å². The van der Waals surface area contributed by atoms with Gasteiger partial charge in [-0.25, -0.2) is 4.39 Å². The second kappa shape index (κ2) is 4.96. The van der Waals surface area contributed by atoms with Gasteiger partial charge >= 0.3 is 0 Å². The van der Waals surface area contributed by atoms with Crippen LogP contribution >= 0.6 is 0 Å². The molecule has 1 spiro atoms. The Kier molecular flexibility index (Phi) is 3.33. The van der Waals surface area contributed by atoms with Crippen LogP contribution < -0.4 is 5.32 Å². The second-order valence-corrected chi connectivity index (χ2v) is 4.98. The summed E-state index contributed by atoms with van der Waals surface area (Å²) in [6.07, 6.45) is 1.88. The van der Waals surface area contributed by atoms with Gasteiger partial charge in [0.15, 0.2) is 0 Å². The average Bonchev–Trinajstić information content (AvgIpc) is 2.41. The molecule has 1 N–H and O–H groups in total. The minimum Gasteiger partial charge on any atom is -0.378 e. The van der Waals surface area contributed by atoms with Gasteiger partial charge in [0.1, 0.15) is 11.4 Å². The first-order valence-corrected chi connectivity index (χ1v) is 6.51. The van der Waals surface area contributed by atoms with E-state index in [0.717, 1.165) is 26.0 Å². The van der Waals surface area contributed by atoms with Crippen LogP contribution in [-0.4, -0.2) is 32.0 Å². The molecule has 18 heavy (non-hydrogen) atoms. The van der Waals surface area contributed by atoms with Crippen molar-refractivity contribution in [2.45, 2.75) is 24.5 Å². The van der Waals surface area contributed by atoms with Gasteiger partial charge in [0, 0.05) is 18.7 Å². The standard InChI is InChI=1S/C14H18FNO2/c15-12-5-2-1-4-11(12)13-14(18-9-7-16-13)6-3-8-17-10-14/h1-2,4-5,13,16H,3,6-10H2. The fourth-order valence-electron chi connectivity index (χ4n) is 2.96. The maximum absolute atomic E-state index is 14.0. The van der Waals surface area contributed by atoms with Crippen LogP contribution in [0.1, 0.15) is 24.4 Å². The Bertz CT molecular complexity index is 410. The van der Waals surface area contributed by atoms with E-state index in [2.05, 4.69) is 5.32 Å². The van der Waals surface area contributed by atoms with Gasteiger partial charge in [0.25, 0.3) is 0 Å². The molecule has 0 bridgehead atoms. The first-order valence-electron chi connectivity index (χ1n) is 6.51. The Labute approximate surface area is 106 Å². The van der Waals surface area contributed by atoms with Gasteiger partial charge in [0.05, 0.1) is 19.3 Å². The van der Waals surface area contributed by atoms with E-state index in [1.807, 2.05) is 12.1 Å². The van der Waals surface area contributed by atoms with Crippen LogP contribution in [0.25, 0.3) is 0 Å². The Morgan fingerprint density at radius 1 is 1.28 bits per heavy atom. The molecule has 1 aromatic rings. The second-order valence-electron chi connectivity index (χ2n) is 4.98. The van der Waals surface area contributed by atoms with E-state index in [1.165, 1.54) is 6.07 Å². The van der Waals surface area contributed by atoms with Crippen molar-refractivity contribution in [2.24, 2.45) is 0 Å². The number of rotatable bonds is 1. The summed E-state index contributed by atoms with van der Waals surface area (Å²) in [6, 6.07) is 6.80. The van der Waals surface area contributed by atoms with Gasteiger partial charge in [-0.15, -0.1) is 0 Å². The first-order chi connectivity index (χ1) is 8.82. The predicted molar refractivity (Wildman–Crippen MR) is 65.9 cm³/mol. The summed E-state index contributed by atoms with van der Waals surface area (Å²) in [6.45, 7) is 2.73. The molecule has 0 amide bonds. The first kappa shape index (κ1) is 12.1. The van der Waals surface area contributed by atoms with E-state index < -0.39 is 5.60 Å². The molecule has 3 nitrogen and oxygen atoms in total. The number of halogens is 1. The highest BCUT2D eigenvalue weighted by molar-refractivity contribution is 5.25. The fourth-order valence-corrected chi connectivity index (χ4v) is 2.96. The van der Waals surface area contributed by atoms with Crippen LogP contribution in [0.5, 0.6) is 0 Å².